The van der Waals surface area contributed by atoms with Crippen molar-refractivity contribution in [3.05, 3.63) is 54.0 Å². The molecule has 2 N–H and O–H groups in total. The Morgan fingerprint density at radius 3 is 2.71 bits per heavy atom. The summed E-state index contributed by atoms with van der Waals surface area (Å²) in [6.45, 7) is -0.221. The van der Waals surface area contributed by atoms with Crippen molar-refractivity contribution < 1.29 is 14.3 Å². The van der Waals surface area contributed by atoms with E-state index in [1.807, 2.05) is 6.07 Å². The zero-order valence-electron chi connectivity index (χ0n) is 11.2. The number of hydrogen-bond acceptors (Lipinski definition) is 5. The summed E-state index contributed by atoms with van der Waals surface area (Å²) in [7, 11) is 0. The second kappa shape index (κ2) is 7.53. The highest BCUT2D eigenvalue weighted by atomic mass is 32.2. The number of nitrogens with one attached hydrogen (secondary N) is 1. The van der Waals surface area contributed by atoms with Crippen molar-refractivity contribution in [2.45, 2.75) is 10.9 Å². The van der Waals surface area contributed by atoms with E-state index in [9.17, 15) is 9.90 Å². The Labute approximate surface area is 126 Å². The fourth-order valence-electron chi connectivity index (χ4n) is 1.71. The number of thioether (sulfide) groups is 1. The van der Waals surface area contributed by atoms with Gasteiger partial charge in [-0.15, -0.1) is 11.8 Å². The molecule has 1 aromatic carbocycles. The summed E-state index contributed by atoms with van der Waals surface area (Å²) in [5.74, 6) is 0.553. The van der Waals surface area contributed by atoms with E-state index in [0.717, 1.165) is 4.90 Å². The number of carbonyl (C=O) groups excluding carboxylic acids is 1. The van der Waals surface area contributed by atoms with Crippen molar-refractivity contribution in [1.82, 2.24) is 5.32 Å². The standard InChI is InChI=1S/C15H14N2O3S/c16-8-11-3-5-12(6-4-11)21-10-15(19)17-13(9-18)14-2-1-7-20-14/h1-7,13,18H,9-10H2,(H,17,19). The van der Waals surface area contributed by atoms with Crippen LogP contribution >= 0.6 is 11.8 Å². The molecule has 6 heteroatoms. The van der Waals surface area contributed by atoms with Gasteiger partial charge in [-0.3, -0.25) is 4.79 Å². The lowest BCUT2D eigenvalue weighted by Gasteiger charge is -2.13. The normalized spacial score (nSPS) is 11.6. The Balaban J connectivity index is 1.85. The van der Waals surface area contributed by atoms with Gasteiger partial charge >= 0.3 is 0 Å². The molecule has 0 saturated carbocycles. The molecule has 0 saturated heterocycles. The van der Waals surface area contributed by atoms with Gasteiger partial charge in [0, 0.05) is 4.90 Å². The first kappa shape index (κ1) is 15.2. The maximum atomic E-state index is 11.9. The Hall–Kier alpha value is -2.23. The fraction of sp³-hybridized carbons (Fsp3) is 0.200. The van der Waals surface area contributed by atoms with Gasteiger partial charge in [0.15, 0.2) is 0 Å². The van der Waals surface area contributed by atoms with E-state index >= 15 is 0 Å². The molecule has 0 spiro atoms. The van der Waals surface area contributed by atoms with Gasteiger partial charge in [0.1, 0.15) is 11.8 Å². The van der Waals surface area contributed by atoms with Crippen LogP contribution in [-0.2, 0) is 4.79 Å². The maximum Gasteiger partial charge on any atom is 0.231 e. The molecule has 2 aromatic rings. The average molecular weight is 302 g/mol. The smallest absolute Gasteiger partial charge is 0.231 e. The van der Waals surface area contributed by atoms with Gasteiger partial charge in [-0.2, -0.15) is 5.26 Å². The molecule has 0 bridgehead atoms. The number of rotatable bonds is 6. The molecule has 108 valence electrons. The van der Waals surface area contributed by atoms with E-state index in [-0.39, 0.29) is 18.3 Å². The van der Waals surface area contributed by atoms with Crippen LogP contribution in [0.15, 0.2) is 52.0 Å². The van der Waals surface area contributed by atoms with E-state index in [4.69, 9.17) is 9.68 Å². The fourth-order valence-corrected chi connectivity index (χ4v) is 2.42. The molecule has 1 atom stereocenters. The van der Waals surface area contributed by atoms with Crippen molar-refractivity contribution in [3.63, 3.8) is 0 Å². The summed E-state index contributed by atoms with van der Waals surface area (Å²) < 4.78 is 5.16. The first-order valence-electron chi connectivity index (χ1n) is 6.29. The largest absolute Gasteiger partial charge is 0.467 e. The molecule has 0 aliphatic carbocycles. The molecule has 1 aromatic heterocycles. The number of nitriles is 1. The molecule has 1 unspecified atom stereocenters. The zero-order valence-corrected chi connectivity index (χ0v) is 12.0. The van der Waals surface area contributed by atoms with E-state index in [1.165, 1.54) is 18.0 Å². The summed E-state index contributed by atoms with van der Waals surface area (Å²) >= 11 is 1.36. The van der Waals surface area contributed by atoms with Crippen LogP contribution in [0.4, 0.5) is 0 Å². The number of benzene rings is 1. The Morgan fingerprint density at radius 1 is 1.38 bits per heavy atom. The lowest BCUT2D eigenvalue weighted by molar-refractivity contribution is -0.119. The summed E-state index contributed by atoms with van der Waals surface area (Å²) in [6, 6.07) is 11.9. The molecule has 2 rings (SSSR count). The third-order valence-electron chi connectivity index (χ3n) is 2.76. The predicted octanol–water partition coefficient (Wildman–Crippen LogP) is 2.09. The summed E-state index contributed by atoms with van der Waals surface area (Å²) in [6.07, 6.45) is 1.50. The van der Waals surface area contributed by atoms with Crippen LogP contribution in [0.25, 0.3) is 0 Å². The van der Waals surface area contributed by atoms with Gasteiger partial charge in [-0.25, -0.2) is 0 Å². The average Bonchev–Trinajstić information content (AvgIpc) is 3.05. The van der Waals surface area contributed by atoms with Gasteiger partial charge in [-0.05, 0) is 36.4 Å². The topological polar surface area (TPSA) is 86.3 Å². The van der Waals surface area contributed by atoms with Crippen LogP contribution in [-0.4, -0.2) is 23.4 Å². The second-order valence-corrected chi connectivity index (χ2v) is 5.29. The minimum atomic E-state index is -0.533. The third kappa shape index (κ3) is 4.38. The quantitative estimate of drug-likeness (QED) is 0.798. The van der Waals surface area contributed by atoms with Gasteiger partial charge in [-0.1, -0.05) is 0 Å². The number of hydrogen-bond donors (Lipinski definition) is 2. The number of aliphatic hydroxyl groups is 1. The van der Waals surface area contributed by atoms with Gasteiger partial charge in [0.25, 0.3) is 0 Å². The van der Waals surface area contributed by atoms with Crippen molar-refractivity contribution in [2.24, 2.45) is 0 Å². The highest BCUT2D eigenvalue weighted by Crippen LogP contribution is 2.19. The lowest BCUT2D eigenvalue weighted by atomic mass is 10.2. The number of nitrogens with zero attached hydrogens (tertiary/aromatic N) is 1. The van der Waals surface area contributed by atoms with Crippen LogP contribution in [0, 0.1) is 11.3 Å². The first-order valence-corrected chi connectivity index (χ1v) is 7.28. The van der Waals surface area contributed by atoms with Gasteiger partial charge < -0.3 is 14.8 Å². The predicted molar refractivity (Wildman–Crippen MR) is 78.6 cm³/mol. The second-order valence-electron chi connectivity index (χ2n) is 4.24. The summed E-state index contributed by atoms with van der Waals surface area (Å²) in [4.78, 5) is 12.8. The maximum absolute atomic E-state index is 11.9. The Morgan fingerprint density at radius 2 is 2.14 bits per heavy atom. The molecular weight excluding hydrogens is 288 g/mol. The van der Waals surface area contributed by atoms with Crippen molar-refractivity contribution in [1.29, 1.82) is 5.26 Å². The highest BCUT2D eigenvalue weighted by molar-refractivity contribution is 8.00. The molecular formula is C15H14N2O3S. The monoisotopic (exact) mass is 302 g/mol. The number of carbonyl (C=O) groups is 1. The molecule has 0 fully saturated rings. The van der Waals surface area contributed by atoms with Crippen molar-refractivity contribution >= 4 is 17.7 Å². The number of furan rings is 1. The molecule has 5 nitrogen and oxygen atoms in total. The first-order chi connectivity index (χ1) is 10.2. The summed E-state index contributed by atoms with van der Waals surface area (Å²) in [5, 5.41) is 20.7. The zero-order chi connectivity index (χ0) is 15.1. The molecule has 1 heterocycles. The van der Waals surface area contributed by atoms with Crippen LogP contribution < -0.4 is 5.32 Å². The molecule has 0 aliphatic rings. The van der Waals surface area contributed by atoms with Gasteiger partial charge in [0.2, 0.25) is 5.91 Å². The van der Waals surface area contributed by atoms with Crippen molar-refractivity contribution in [3.8, 4) is 6.07 Å². The Bertz CT molecular complexity index is 617. The number of amides is 1. The molecule has 0 radical (unpaired) electrons. The van der Waals surface area contributed by atoms with Crippen LogP contribution in [0.3, 0.4) is 0 Å². The molecule has 1 amide bonds. The van der Waals surface area contributed by atoms with Gasteiger partial charge in [0.05, 0.1) is 30.3 Å². The SMILES string of the molecule is N#Cc1ccc(SCC(=O)NC(CO)c2ccco2)cc1. The van der Waals surface area contributed by atoms with Crippen LogP contribution in [0.5, 0.6) is 0 Å². The van der Waals surface area contributed by atoms with E-state index in [0.29, 0.717) is 11.3 Å². The Kier molecular flexibility index (Phi) is 5.43. The van der Waals surface area contributed by atoms with Crippen LogP contribution in [0.2, 0.25) is 0 Å². The highest BCUT2D eigenvalue weighted by Gasteiger charge is 2.16. The lowest BCUT2D eigenvalue weighted by Crippen LogP contribution is -2.31. The van der Waals surface area contributed by atoms with E-state index in [2.05, 4.69) is 5.32 Å². The third-order valence-corrected chi connectivity index (χ3v) is 3.77. The molecule has 0 aliphatic heterocycles. The van der Waals surface area contributed by atoms with Crippen LogP contribution in [0.1, 0.15) is 17.4 Å². The molecule has 21 heavy (non-hydrogen) atoms. The van der Waals surface area contributed by atoms with E-state index < -0.39 is 6.04 Å². The number of aliphatic hydroxyl groups excluding tert-OH is 1. The van der Waals surface area contributed by atoms with E-state index in [1.54, 1.807) is 36.4 Å². The van der Waals surface area contributed by atoms with Crippen molar-refractivity contribution in [2.75, 3.05) is 12.4 Å². The minimum absolute atomic E-state index is 0.195. The minimum Gasteiger partial charge on any atom is -0.467 e. The summed E-state index contributed by atoms with van der Waals surface area (Å²) in [5.41, 5.74) is 0.585.